The van der Waals surface area contributed by atoms with Crippen molar-refractivity contribution < 1.29 is 5.11 Å². The number of aromatic hydroxyl groups is 1. The summed E-state index contributed by atoms with van der Waals surface area (Å²) in [6, 6.07) is 9.06. The highest BCUT2D eigenvalue weighted by Crippen LogP contribution is 2.22. The van der Waals surface area contributed by atoms with Crippen LogP contribution in [0.2, 0.25) is 0 Å². The van der Waals surface area contributed by atoms with Gasteiger partial charge < -0.3 is 10.1 Å². The highest BCUT2D eigenvalue weighted by Gasteiger charge is 2.10. The molecule has 5 heteroatoms. The van der Waals surface area contributed by atoms with Crippen LogP contribution in [0.25, 0.3) is 16.6 Å². The first-order valence-corrected chi connectivity index (χ1v) is 5.11. The molecule has 1 aromatic carbocycles. The Morgan fingerprint density at radius 3 is 2.88 bits per heavy atom. The van der Waals surface area contributed by atoms with Gasteiger partial charge in [-0.1, -0.05) is 6.07 Å². The summed E-state index contributed by atoms with van der Waals surface area (Å²) in [6.45, 7) is 0. The summed E-state index contributed by atoms with van der Waals surface area (Å²) in [4.78, 5) is 18.3. The summed E-state index contributed by atoms with van der Waals surface area (Å²) in [5.41, 5.74) is 1.01. The van der Waals surface area contributed by atoms with Gasteiger partial charge in [0.05, 0.1) is 17.4 Å². The molecule has 0 fully saturated rings. The van der Waals surface area contributed by atoms with E-state index in [1.165, 1.54) is 10.8 Å². The van der Waals surface area contributed by atoms with E-state index in [2.05, 4.69) is 9.97 Å². The zero-order chi connectivity index (χ0) is 11.8. The molecule has 0 radical (unpaired) electrons. The van der Waals surface area contributed by atoms with Crippen molar-refractivity contribution in [3.05, 3.63) is 53.2 Å². The molecule has 0 saturated carbocycles. The van der Waals surface area contributed by atoms with Gasteiger partial charge in [0.25, 0.3) is 0 Å². The molecular formula is C12H9N3O2. The maximum absolute atomic E-state index is 11.6. The highest BCUT2D eigenvalue weighted by molar-refractivity contribution is 5.87. The largest absolute Gasteiger partial charge is 0.493 e. The van der Waals surface area contributed by atoms with Crippen LogP contribution in [0.15, 0.2) is 47.5 Å². The van der Waals surface area contributed by atoms with Crippen molar-refractivity contribution in [3.63, 3.8) is 0 Å². The van der Waals surface area contributed by atoms with Crippen molar-refractivity contribution in [3.8, 4) is 11.6 Å². The summed E-state index contributed by atoms with van der Waals surface area (Å²) in [5, 5.41) is 10.5. The topological polar surface area (TPSA) is 70.9 Å². The molecule has 0 aliphatic rings. The molecule has 0 atom stereocenters. The van der Waals surface area contributed by atoms with E-state index in [0.29, 0.717) is 5.69 Å². The Morgan fingerprint density at radius 1 is 1.24 bits per heavy atom. The molecule has 0 unspecified atom stereocenters. The van der Waals surface area contributed by atoms with Gasteiger partial charge in [0.15, 0.2) is 0 Å². The molecule has 17 heavy (non-hydrogen) atoms. The first kappa shape index (κ1) is 9.65. The molecule has 0 bridgehead atoms. The van der Waals surface area contributed by atoms with E-state index in [1.54, 1.807) is 24.4 Å². The fraction of sp³-hybridized carbons (Fsp3) is 0. The van der Waals surface area contributed by atoms with Crippen molar-refractivity contribution in [1.29, 1.82) is 0 Å². The van der Waals surface area contributed by atoms with Crippen LogP contribution in [-0.2, 0) is 0 Å². The molecule has 0 amide bonds. The number of pyridine rings is 1. The summed E-state index contributed by atoms with van der Waals surface area (Å²) in [7, 11) is 0. The average molecular weight is 227 g/mol. The molecule has 2 heterocycles. The second-order valence-electron chi connectivity index (χ2n) is 3.63. The minimum Gasteiger partial charge on any atom is -0.493 e. The van der Waals surface area contributed by atoms with Gasteiger partial charge in [-0.05, 0) is 24.3 Å². The van der Waals surface area contributed by atoms with Gasteiger partial charge in [-0.2, -0.15) is 0 Å². The fourth-order valence-electron chi connectivity index (χ4n) is 1.87. The number of H-pyrrole nitrogens is 1. The SMILES string of the molecule is O=c1[nH]cc(O)n1-c1cccc2ncccc12. The molecule has 0 saturated heterocycles. The number of nitrogens with zero attached hydrogens (tertiary/aromatic N) is 2. The van der Waals surface area contributed by atoms with Gasteiger partial charge in [0, 0.05) is 11.6 Å². The lowest BCUT2D eigenvalue weighted by Crippen LogP contribution is -2.14. The van der Waals surface area contributed by atoms with Crippen molar-refractivity contribution in [1.82, 2.24) is 14.5 Å². The van der Waals surface area contributed by atoms with E-state index in [4.69, 9.17) is 0 Å². The molecule has 0 spiro atoms. The molecule has 2 aromatic heterocycles. The summed E-state index contributed by atoms with van der Waals surface area (Å²) in [6.07, 6.45) is 2.95. The molecule has 0 aliphatic heterocycles. The standard InChI is InChI=1S/C12H9N3O2/c16-11-7-14-12(17)15(11)10-5-1-4-9-8(10)3-2-6-13-9/h1-7,16H,(H,14,17). The fourth-order valence-corrected chi connectivity index (χ4v) is 1.87. The minimum atomic E-state index is -0.376. The second kappa shape index (κ2) is 3.48. The van der Waals surface area contributed by atoms with Crippen molar-refractivity contribution in [2.24, 2.45) is 0 Å². The molecule has 84 valence electrons. The predicted molar refractivity (Wildman–Crippen MR) is 63.4 cm³/mol. The van der Waals surface area contributed by atoms with Crippen molar-refractivity contribution >= 4 is 10.9 Å². The molecular weight excluding hydrogens is 218 g/mol. The number of fused-ring (bicyclic) bond motifs is 1. The van der Waals surface area contributed by atoms with Crippen LogP contribution in [0.3, 0.4) is 0 Å². The number of hydrogen-bond donors (Lipinski definition) is 2. The molecule has 3 aromatic rings. The number of aromatic nitrogens is 3. The maximum atomic E-state index is 11.6. The lowest BCUT2D eigenvalue weighted by atomic mass is 10.2. The van der Waals surface area contributed by atoms with Crippen LogP contribution in [0, 0.1) is 0 Å². The molecule has 5 nitrogen and oxygen atoms in total. The van der Waals surface area contributed by atoms with Gasteiger partial charge in [-0.3, -0.25) is 4.98 Å². The van der Waals surface area contributed by atoms with Crippen molar-refractivity contribution in [2.75, 3.05) is 0 Å². The van der Waals surface area contributed by atoms with Gasteiger partial charge in [0.1, 0.15) is 0 Å². The number of benzene rings is 1. The summed E-state index contributed by atoms with van der Waals surface area (Å²) in [5.74, 6) is -0.119. The van der Waals surface area contributed by atoms with Crippen LogP contribution in [0.5, 0.6) is 5.88 Å². The smallest absolute Gasteiger partial charge is 0.333 e. The monoisotopic (exact) mass is 227 g/mol. The Morgan fingerprint density at radius 2 is 2.12 bits per heavy atom. The van der Waals surface area contributed by atoms with Gasteiger partial charge in [0.2, 0.25) is 5.88 Å². The lowest BCUT2D eigenvalue weighted by Gasteiger charge is -2.06. The third-order valence-corrected chi connectivity index (χ3v) is 2.62. The summed E-state index contributed by atoms with van der Waals surface area (Å²) < 4.78 is 1.21. The molecule has 3 rings (SSSR count). The average Bonchev–Trinajstić information content (AvgIpc) is 2.69. The number of imidazole rings is 1. The van der Waals surface area contributed by atoms with E-state index in [9.17, 15) is 9.90 Å². The van der Waals surface area contributed by atoms with E-state index in [-0.39, 0.29) is 11.6 Å². The molecule has 2 N–H and O–H groups in total. The van der Waals surface area contributed by atoms with Crippen LogP contribution < -0.4 is 5.69 Å². The van der Waals surface area contributed by atoms with E-state index in [1.807, 2.05) is 12.1 Å². The van der Waals surface area contributed by atoms with E-state index < -0.39 is 0 Å². The minimum absolute atomic E-state index is 0.119. The number of rotatable bonds is 1. The maximum Gasteiger partial charge on any atom is 0.333 e. The quantitative estimate of drug-likeness (QED) is 0.660. The predicted octanol–water partition coefficient (Wildman–Crippen LogP) is 1.42. The van der Waals surface area contributed by atoms with Crippen LogP contribution in [0.4, 0.5) is 0 Å². The van der Waals surface area contributed by atoms with Gasteiger partial charge >= 0.3 is 5.69 Å². The third kappa shape index (κ3) is 1.40. The number of hydrogen-bond acceptors (Lipinski definition) is 3. The summed E-state index contributed by atoms with van der Waals surface area (Å²) >= 11 is 0. The third-order valence-electron chi connectivity index (χ3n) is 2.62. The Kier molecular flexibility index (Phi) is 1.98. The Bertz CT molecular complexity index is 737. The zero-order valence-corrected chi connectivity index (χ0v) is 8.79. The van der Waals surface area contributed by atoms with Crippen LogP contribution in [0.1, 0.15) is 0 Å². The Labute approximate surface area is 96.0 Å². The normalized spacial score (nSPS) is 10.8. The highest BCUT2D eigenvalue weighted by atomic mass is 16.3. The Hall–Kier alpha value is -2.56. The second-order valence-corrected chi connectivity index (χ2v) is 3.63. The molecule has 0 aliphatic carbocycles. The van der Waals surface area contributed by atoms with Gasteiger partial charge in [-0.15, -0.1) is 0 Å². The lowest BCUT2D eigenvalue weighted by molar-refractivity contribution is 0.441. The first-order valence-electron chi connectivity index (χ1n) is 5.11. The van der Waals surface area contributed by atoms with E-state index in [0.717, 1.165) is 10.9 Å². The van der Waals surface area contributed by atoms with Crippen molar-refractivity contribution in [2.45, 2.75) is 0 Å². The number of nitrogens with one attached hydrogen (secondary N) is 1. The Balaban J connectivity index is 2.43. The van der Waals surface area contributed by atoms with Crippen LogP contribution in [-0.4, -0.2) is 19.6 Å². The van der Waals surface area contributed by atoms with Crippen LogP contribution >= 0.6 is 0 Å². The first-order chi connectivity index (χ1) is 8.27. The number of aromatic amines is 1. The van der Waals surface area contributed by atoms with E-state index >= 15 is 0 Å². The van der Waals surface area contributed by atoms with Gasteiger partial charge in [-0.25, -0.2) is 9.36 Å². The zero-order valence-electron chi connectivity index (χ0n) is 8.79.